The van der Waals surface area contributed by atoms with Crippen LogP contribution in [0.1, 0.15) is 18.4 Å². The predicted octanol–water partition coefficient (Wildman–Crippen LogP) is 0.371. The van der Waals surface area contributed by atoms with Gasteiger partial charge in [-0.1, -0.05) is 11.5 Å². The molecular formula is C11H18BNO. The van der Waals surface area contributed by atoms with E-state index in [-0.39, 0.29) is 0 Å². The Morgan fingerprint density at radius 2 is 2.07 bits per heavy atom. The van der Waals surface area contributed by atoms with Crippen molar-refractivity contribution in [1.29, 1.82) is 0 Å². The summed E-state index contributed by atoms with van der Waals surface area (Å²) in [4.78, 5) is 0. The molecule has 3 heteroatoms. The Kier molecular flexibility index (Phi) is 4.53. The summed E-state index contributed by atoms with van der Waals surface area (Å²) in [6.07, 6.45) is 2.06. The Morgan fingerprint density at radius 3 is 2.71 bits per heavy atom. The lowest BCUT2D eigenvalue weighted by atomic mass is 9.94. The molecule has 76 valence electrons. The summed E-state index contributed by atoms with van der Waals surface area (Å²) in [5, 5.41) is 0. The van der Waals surface area contributed by atoms with E-state index in [4.69, 9.17) is 10.5 Å². The molecule has 0 amide bonds. The molecule has 2 N–H and O–H groups in total. The first-order valence-electron chi connectivity index (χ1n) is 5.13. The monoisotopic (exact) mass is 191 g/mol. The van der Waals surface area contributed by atoms with E-state index in [0.717, 1.165) is 31.7 Å². The molecule has 0 saturated heterocycles. The van der Waals surface area contributed by atoms with Crippen molar-refractivity contribution in [3.8, 4) is 5.75 Å². The van der Waals surface area contributed by atoms with Crippen LogP contribution < -0.4 is 15.9 Å². The van der Waals surface area contributed by atoms with Crippen LogP contribution in [-0.2, 0) is 0 Å². The van der Waals surface area contributed by atoms with Crippen LogP contribution in [0.15, 0.2) is 18.2 Å². The van der Waals surface area contributed by atoms with E-state index >= 15 is 0 Å². The van der Waals surface area contributed by atoms with Crippen molar-refractivity contribution in [1.82, 2.24) is 0 Å². The van der Waals surface area contributed by atoms with Crippen molar-refractivity contribution in [2.45, 2.75) is 19.8 Å². The molecule has 2 nitrogen and oxygen atoms in total. The molecule has 0 aliphatic rings. The fourth-order valence-corrected chi connectivity index (χ4v) is 1.45. The Labute approximate surface area is 86.9 Å². The van der Waals surface area contributed by atoms with E-state index in [0.29, 0.717) is 0 Å². The van der Waals surface area contributed by atoms with Gasteiger partial charge in [0.15, 0.2) is 0 Å². The summed E-state index contributed by atoms with van der Waals surface area (Å²) >= 11 is 0. The van der Waals surface area contributed by atoms with Gasteiger partial charge in [-0.25, -0.2) is 0 Å². The van der Waals surface area contributed by atoms with Gasteiger partial charge < -0.3 is 10.5 Å². The van der Waals surface area contributed by atoms with E-state index in [1.54, 1.807) is 0 Å². The minimum absolute atomic E-state index is 0.746. The van der Waals surface area contributed by atoms with Gasteiger partial charge in [-0.3, -0.25) is 0 Å². The number of unbranched alkanes of at least 4 members (excludes halogenated alkanes) is 1. The molecule has 0 bridgehead atoms. The number of hydrogen-bond donors (Lipinski definition) is 1. The van der Waals surface area contributed by atoms with Gasteiger partial charge in [0.25, 0.3) is 0 Å². The lowest BCUT2D eigenvalue weighted by Crippen LogP contribution is -2.07. The molecule has 0 radical (unpaired) electrons. The topological polar surface area (TPSA) is 35.2 Å². The molecule has 0 aliphatic carbocycles. The first-order chi connectivity index (χ1) is 6.72. The van der Waals surface area contributed by atoms with E-state index in [9.17, 15) is 0 Å². The summed E-state index contributed by atoms with van der Waals surface area (Å²) in [6.45, 7) is 3.59. The molecular weight excluding hydrogens is 173 g/mol. The van der Waals surface area contributed by atoms with Crippen LogP contribution in [0, 0.1) is 6.92 Å². The lowest BCUT2D eigenvalue weighted by molar-refractivity contribution is 0.308. The highest BCUT2D eigenvalue weighted by molar-refractivity contribution is 6.32. The molecule has 0 saturated carbocycles. The minimum Gasteiger partial charge on any atom is -0.494 e. The van der Waals surface area contributed by atoms with Gasteiger partial charge in [0.1, 0.15) is 13.6 Å². The molecule has 0 spiro atoms. The summed E-state index contributed by atoms with van der Waals surface area (Å²) in [6, 6.07) is 6.28. The Bertz CT molecular complexity index is 268. The highest BCUT2D eigenvalue weighted by atomic mass is 16.5. The average Bonchev–Trinajstić information content (AvgIpc) is 2.11. The highest BCUT2D eigenvalue weighted by Gasteiger charge is 1.96. The van der Waals surface area contributed by atoms with Crippen molar-refractivity contribution in [2.24, 2.45) is 5.73 Å². The fourth-order valence-electron chi connectivity index (χ4n) is 1.45. The summed E-state index contributed by atoms with van der Waals surface area (Å²) in [5.41, 5.74) is 7.90. The van der Waals surface area contributed by atoms with Crippen LogP contribution >= 0.6 is 0 Å². The van der Waals surface area contributed by atoms with Gasteiger partial charge >= 0.3 is 0 Å². The molecule has 0 aromatic heterocycles. The number of hydrogen-bond acceptors (Lipinski definition) is 2. The second-order valence-corrected chi connectivity index (χ2v) is 3.67. The molecule has 0 aliphatic heterocycles. The van der Waals surface area contributed by atoms with E-state index < -0.39 is 0 Å². The average molecular weight is 191 g/mol. The zero-order valence-corrected chi connectivity index (χ0v) is 9.05. The molecule has 1 aromatic rings. The van der Waals surface area contributed by atoms with Crippen molar-refractivity contribution in [2.75, 3.05) is 13.2 Å². The SMILES string of the molecule is Bc1cc(C)cc(OCCCCN)c1. The molecule has 1 rings (SSSR count). The molecule has 0 atom stereocenters. The van der Waals surface area contributed by atoms with Gasteiger partial charge in [0.2, 0.25) is 0 Å². The maximum absolute atomic E-state index is 5.61. The first kappa shape index (κ1) is 11.1. The van der Waals surface area contributed by atoms with Crippen molar-refractivity contribution >= 4 is 13.3 Å². The van der Waals surface area contributed by atoms with E-state index in [2.05, 4.69) is 33.0 Å². The zero-order valence-electron chi connectivity index (χ0n) is 9.05. The van der Waals surface area contributed by atoms with Crippen LogP contribution in [0.5, 0.6) is 5.75 Å². The maximum atomic E-state index is 5.61. The molecule has 0 fully saturated rings. The van der Waals surface area contributed by atoms with Crippen LogP contribution in [0.25, 0.3) is 0 Å². The fraction of sp³-hybridized carbons (Fsp3) is 0.455. The lowest BCUT2D eigenvalue weighted by Gasteiger charge is -2.07. The maximum Gasteiger partial charge on any atom is 0.139 e. The number of rotatable bonds is 5. The summed E-state index contributed by atoms with van der Waals surface area (Å²) in [5.74, 6) is 0.972. The molecule has 0 heterocycles. The number of benzene rings is 1. The van der Waals surface area contributed by atoms with Gasteiger partial charge in [0.05, 0.1) is 6.61 Å². The van der Waals surface area contributed by atoms with Crippen LogP contribution in [0.4, 0.5) is 0 Å². The van der Waals surface area contributed by atoms with Gasteiger partial charge in [-0.2, -0.15) is 0 Å². The van der Waals surface area contributed by atoms with Crippen LogP contribution in [0.2, 0.25) is 0 Å². The standard InChI is InChI=1S/C11H18BNO/c1-9-6-10(12)8-11(7-9)14-5-3-2-4-13/h6-8H,2-5,12-13H2,1H3. The van der Waals surface area contributed by atoms with Gasteiger partial charge in [0, 0.05) is 0 Å². The minimum atomic E-state index is 0.746. The third kappa shape index (κ3) is 3.84. The molecule has 1 aromatic carbocycles. The first-order valence-corrected chi connectivity index (χ1v) is 5.13. The largest absolute Gasteiger partial charge is 0.494 e. The smallest absolute Gasteiger partial charge is 0.139 e. The van der Waals surface area contributed by atoms with E-state index in [1.807, 2.05) is 0 Å². The zero-order chi connectivity index (χ0) is 10.4. The molecule has 0 unspecified atom stereocenters. The van der Waals surface area contributed by atoms with Gasteiger partial charge in [-0.05, 0) is 44.0 Å². The van der Waals surface area contributed by atoms with Gasteiger partial charge in [-0.15, -0.1) is 0 Å². The van der Waals surface area contributed by atoms with E-state index in [1.165, 1.54) is 11.0 Å². The Balaban J connectivity index is 2.42. The third-order valence-electron chi connectivity index (χ3n) is 2.06. The second kappa shape index (κ2) is 5.71. The summed E-state index contributed by atoms with van der Waals surface area (Å²) < 4.78 is 5.61. The number of ether oxygens (including phenoxy) is 1. The van der Waals surface area contributed by atoms with Crippen molar-refractivity contribution < 1.29 is 4.74 Å². The van der Waals surface area contributed by atoms with Crippen LogP contribution in [-0.4, -0.2) is 21.0 Å². The highest BCUT2D eigenvalue weighted by Crippen LogP contribution is 2.10. The van der Waals surface area contributed by atoms with Crippen molar-refractivity contribution in [3.63, 3.8) is 0 Å². The Hall–Kier alpha value is -0.955. The summed E-state index contributed by atoms with van der Waals surface area (Å²) in [7, 11) is 2.08. The number of aryl methyl sites for hydroxylation is 1. The predicted molar refractivity (Wildman–Crippen MR) is 63.1 cm³/mol. The van der Waals surface area contributed by atoms with Crippen LogP contribution in [0.3, 0.4) is 0 Å². The number of nitrogens with two attached hydrogens (primary N) is 1. The Morgan fingerprint density at radius 1 is 1.29 bits per heavy atom. The third-order valence-corrected chi connectivity index (χ3v) is 2.06. The normalized spacial score (nSPS) is 10.1. The molecule has 14 heavy (non-hydrogen) atoms. The quantitative estimate of drug-likeness (QED) is 0.539. The van der Waals surface area contributed by atoms with Crippen molar-refractivity contribution in [3.05, 3.63) is 23.8 Å². The second-order valence-electron chi connectivity index (χ2n) is 3.67.